The van der Waals surface area contributed by atoms with Crippen molar-refractivity contribution in [2.45, 2.75) is 6.43 Å². The van der Waals surface area contributed by atoms with Crippen molar-refractivity contribution >= 4 is 5.97 Å². The third-order valence-corrected chi connectivity index (χ3v) is 2.16. The number of para-hydroxylation sites is 1. The van der Waals surface area contributed by atoms with Gasteiger partial charge in [0.1, 0.15) is 5.69 Å². The molecule has 0 saturated carbocycles. The lowest BCUT2D eigenvalue weighted by atomic mass is 10.2. The van der Waals surface area contributed by atoms with Crippen molar-refractivity contribution in [3.05, 3.63) is 41.7 Å². The Balaban J connectivity index is 2.60. The molecule has 0 amide bonds. The van der Waals surface area contributed by atoms with Gasteiger partial charge in [0, 0.05) is 0 Å². The van der Waals surface area contributed by atoms with E-state index in [0.717, 1.165) is 10.9 Å². The van der Waals surface area contributed by atoms with E-state index in [2.05, 4.69) is 10.3 Å². The molecule has 0 spiro atoms. The number of alkyl halides is 2. The number of benzene rings is 1. The Morgan fingerprint density at radius 1 is 1.35 bits per heavy atom. The fourth-order valence-electron chi connectivity index (χ4n) is 1.42. The lowest BCUT2D eigenvalue weighted by Gasteiger charge is -2.07. The Bertz CT molecular complexity index is 554. The maximum Gasteiger partial charge on any atom is 0.337 e. The van der Waals surface area contributed by atoms with Gasteiger partial charge in [-0.2, -0.15) is 0 Å². The normalized spacial score (nSPS) is 10.8. The van der Waals surface area contributed by atoms with E-state index in [0.29, 0.717) is 0 Å². The Kier molecular flexibility index (Phi) is 2.82. The van der Waals surface area contributed by atoms with Crippen molar-refractivity contribution in [3.8, 4) is 5.69 Å². The van der Waals surface area contributed by atoms with Gasteiger partial charge in [0.25, 0.3) is 6.43 Å². The number of hydrogen-bond acceptors (Lipinski definition) is 3. The zero-order chi connectivity index (χ0) is 12.4. The van der Waals surface area contributed by atoms with E-state index in [-0.39, 0.29) is 11.3 Å². The van der Waals surface area contributed by atoms with Crippen molar-refractivity contribution < 1.29 is 18.7 Å². The van der Waals surface area contributed by atoms with Crippen LogP contribution in [-0.4, -0.2) is 26.1 Å². The second kappa shape index (κ2) is 4.28. The van der Waals surface area contributed by atoms with Crippen molar-refractivity contribution in [2.24, 2.45) is 0 Å². The summed E-state index contributed by atoms with van der Waals surface area (Å²) < 4.78 is 26.1. The third kappa shape index (κ3) is 1.99. The minimum absolute atomic E-state index is 0.0628. The molecule has 0 aliphatic carbocycles. The molecule has 0 aliphatic heterocycles. The fraction of sp³-hybridized carbons (Fsp3) is 0.100. The smallest absolute Gasteiger partial charge is 0.337 e. The molecule has 1 aromatic heterocycles. The van der Waals surface area contributed by atoms with Gasteiger partial charge in [0.2, 0.25) is 0 Å². The van der Waals surface area contributed by atoms with Crippen molar-refractivity contribution in [1.82, 2.24) is 15.0 Å². The molecule has 0 aliphatic rings. The summed E-state index contributed by atoms with van der Waals surface area (Å²) in [5.74, 6) is -1.21. The van der Waals surface area contributed by atoms with Crippen LogP contribution in [-0.2, 0) is 0 Å². The van der Waals surface area contributed by atoms with Gasteiger partial charge in [-0.1, -0.05) is 17.3 Å². The molecule has 1 N–H and O–H groups in total. The zero-order valence-corrected chi connectivity index (χ0v) is 8.42. The van der Waals surface area contributed by atoms with Gasteiger partial charge in [-0.05, 0) is 12.1 Å². The number of nitrogens with zero attached hydrogens (tertiary/aromatic N) is 3. The molecule has 1 aromatic carbocycles. The van der Waals surface area contributed by atoms with E-state index in [4.69, 9.17) is 5.11 Å². The third-order valence-electron chi connectivity index (χ3n) is 2.16. The molecule has 2 aromatic rings. The standard InChI is InChI=1S/C10H7F2N3O2/c11-9(12)8-5-13-14-15(8)7-4-2-1-3-6(7)10(16)17/h1-5,9H,(H,16,17). The van der Waals surface area contributed by atoms with E-state index in [1.807, 2.05) is 0 Å². The van der Waals surface area contributed by atoms with Gasteiger partial charge in [0.15, 0.2) is 0 Å². The molecule has 88 valence electrons. The molecule has 0 radical (unpaired) electrons. The van der Waals surface area contributed by atoms with Crippen LogP contribution in [0.15, 0.2) is 30.5 Å². The SMILES string of the molecule is O=C(O)c1ccccc1-n1nncc1C(F)F. The first-order valence-electron chi connectivity index (χ1n) is 4.62. The van der Waals surface area contributed by atoms with Gasteiger partial charge in [0.05, 0.1) is 17.4 Å². The first-order chi connectivity index (χ1) is 8.11. The van der Waals surface area contributed by atoms with E-state index in [9.17, 15) is 13.6 Å². The van der Waals surface area contributed by atoms with Gasteiger partial charge >= 0.3 is 5.97 Å². The molecule has 7 heteroatoms. The summed E-state index contributed by atoms with van der Waals surface area (Å²) in [6.45, 7) is 0. The Labute approximate surface area is 94.3 Å². The Morgan fingerprint density at radius 2 is 2.06 bits per heavy atom. The second-order valence-electron chi connectivity index (χ2n) is 3.19. The summed E-state index contributed by atoms with van der Waals surface area (Å²) in [4.78, 5) is 10.9. The maximum absolute atomic E-state index is 12.6. The fourth-order valence-corrected chi connectivity index (χ4v) is 1.42. The highest BCUT2D eigenvalue weighted by Crippen LogP contribution is 2.22. The van der Waals surface area contributed by atoms with Gasteiger partial charge in [-0.3, -0.25) is 0 Å². The van der Waals surface area contributed by atoms with E-state index < -0.39 is 18.1 Å². The number of aromatic nitrogens is 3. The van der Waals surface area contributed by atoms with Crippen LogP contribution in [0.1, 0.15) is 22.5 Å². The summed E-state index contributed by atoms with van der Waals surface area (Å²) >= 11 is 0. The molecule has 2 rings (SSSR count). The van der Waals surface area contributed by atoms with Gasteiger partial charge < -0.3 is 5.11 Å². The minimum atomic E-state index is -2.77. The molecule has 0 atom stereocenters. The quantitative estimate of drug-likeness (QED) is 0.888. The van der Waals surface area contributed by atoms with Crippen LogP contribution < -0.4 is 0 Å². The number of aromatic carboxylic acids is 1. The first kappa shape index (κ1) is 11.2. The van der Waals surface area contributed by atoms with Crippen LogP contribution in [0.2, 0.25) is 0 Å². The number of hydrogen-bond donors (Lipinski definition) is 1. The number of halogens is 2. The summed E-state index contributed by atoms with van der Waals surface area (Å²) in [5, 5.41) is 15.8. The molecule has 0 fully saturated rings. The molecular formula is C10H7F2N3O2. The maximum atomic E-state index is 12.6. The lowest BCUT2D eigenvalue weighted by Crippen LogP contribution is -2.09. The summed E-state index contributed by atoms with van der Waals surface area (Å²) in [6.07, 6.45) is -1.87. The Hall–Kier alpha value is -2.31. The molecule has 0 saturated heterocycles. The topological polar surface area (TPSA) is 68.0 Å². The average molecular weight is 239 g/mol. The zero-order valence-electron chi connectivity index (χ0n) is 8.42. The monoisotopic (exact) mass is 239 g/mol. The Morgan fingerprint density at radius 3 is 2.71 bits per heavy atom. The number of carboxylic acid groups (broad SMARTS) is 1. The van der Waals surface area contributed by atoms with Crippen LogP contribution in [0.5, 0.6) is 0 Å². The highest BCUT2D eigenvalue weighted by atomic mass is 19.3. The number of rotatable bonds is 3. The van der Waals surface area contributed by atoms with Gasteiger partial charge in [-0.15, -0.1) is 5.10 Å². The lowest BCUT2D eigenvalue weighted by molar-refractivity contribution is 0.0696. The van der Waals surface area contributed by atoms with E-state index in [1.165, 1.54) is 18.2 Å². The van der Waals surface area contributed by atoms with E-state index in [1.54, 1.807) is 6.07 Å². The first-order valence-corrected chi connectivity index (χ1v) is 4.62. The molecule has 0 bridgehead atoms. The predicted octanol–water partition coefficient (Wildman–Crippen LogP) is 1.90. The average Bonchev–Trinajstić information content (AvgIpc) is 2.77. The van der Waals surface area contributed by atoms with Gasteiger partial charge in [-0.25, -0.2) is 18.3 Å². The van der Waals surface area contributed by atoms with Crippen LogP contribution >= 0.6 is 0 Å². The highest BCUT2D eigenvalue weighted by Gasteiger charge is 2.19. The summed E-state index contributed by atoms with van der Waals surface area (Å²) in [5.41, 5.74) is -0.494. The molecule has 5 nitrogen and oxygen atoms in total. The largest absolute Gasteiger partial charge is 0.478 e. The van der Waals surface area contributed by atoms with Crippen LogP contribution in [0, 0.1) is 0 Å². The predicted molar refractivity (Wildman–Crippen MR) is 53.3 cm³/mol. The van der Waals surface area contributed by atoms with Crippen LogP contribution in [0.25, 0.3) is 5.69 Å². The van der Waals surface area contributed by atoms with Crippen LogP contribution in [0.4, 0.5) is 8.78 Å². The minimum Gasteiger partial charge on any atom is -0.478 e. The van der Waals surface area contributed by atoms with Crippen molar-refractivity contribution in [2.75, 3.05) is 0 Å². The second-order valence-corrected chi connectivity index (χ2v) is 3.19. The summed E-state index contributed by atoms with van der Waals surface area (Å²) in [6, 6.07) is 5.75. The van der Waals surface area contributed by atoms with Crippen LogP contribution in [0.3, 0.4) is 0 Å². The van der Waals surface area contributed by atoms with Crippen molar-refractivity contribution in [3.63, 3.8) is 0 Å². The molecular weight excluding hydrogens is 232 g/mol. The molecule has 0 unspecified atom stereocenters. The molecule has 1 heterocycles. The highest BCUT2D eigenvalue weighted by molar-refractivity contribution is 5.91. The summed E-state index contributed by atoms with van der Waals surface area (Å²) in [7, 11) is 0. The van der Waals surface area contributed by atoms with Crippen molar-refractivity contribution in [1.29, 1.82) is 0 Å². The van der Waals surface area contributed by atoms with E-state index >= 15 is 0 Å². The molecule has 17 heavy (non-hydrogen) atoms. The number of carbonyl (C=O) groups is 1. The number of carboxylic acids is 1.